The van der Waals surface area contributed by atoms with Gasteiger partial charge in [0, 0.05) is 41.0 Å². The second-order valence-electron chi connectivity index (χ2n) is 11.4. The number of methoxy groups -OCH3 is 2. The molecule has 0 radical (unpaired) electrons. The van der Waals surface area contributed by atoms with Crippen LogP contribution >= 0.6 is 0 Å². The van der Waals surface area contributed by atoms with Crippen LogP contribution in [0.25, 0.3) is 11.6 Å². The van der Waals surface area contributed by atoms with Gasteiger partial charge in [-0.3, -0.25) is 14.4 Å². The van der Waals surface area contributed by atoms with E-state index < -0.39 is 35.8 Å². The minimum Gasteiger partial charge on any atom is -0.467 e. The first kappa shape index (κ1) is 33.4. The Morgan fingerprint density at radius 3 is 1.85 bits per heavy atom. The Hall–Kier alpha value is -5.97. The summed E-state index contributed by atoms with van der Waals surface area (Å²) in [7, 11) is 2.53. The van der Waals surface area contributed by atoms with Gasteiger partial charge in [-0.05, 0) is 54.8 Å². The largest absolute Gasteiger partial charge is 0.467 e. The number of ether oxygens (including phenoxy) is 2. The number of hydrogen-bond donors (Lipinski definition) is 4. The number of aryl methyl sites for hydroxylation is 1. The number of benzene rings is 3. The molecule has 0 fully saturated rings. The van der Waals surface area contributed by atoms with Crippen LogP contribution in [-0.4, -0.2) is 60.9 Å². The number of aromatic nitrogens is 1. The highest BCUT2D eigenvalue weighted by molar-refractivity contribution is 6.35. The molecule has 0 unspecified atom stereocenters. The smallest absolute Gasteiger partial charge is 0.328 e. The summed E-state index contributed by atoms with van der Waals surface area (Å²) in [6, 6.07) is 21.5. The molecule has 4 aromatic rings. The molecule has 1 aliphatic rings. The summed E-state index contributed by atoms with van der Waals surface area (Å²) >= 11 is 0. The number of hydrogen-bond acceptors (Lipinski definition) is 7. The Bertz CT molecular complexity index is 1900. The lowest BCUT2D eigenvalue weighted by atomic mass is 10.0. The lowest BCUT2D eigenvalue weighted by Gasteiger charge is -2.17. The second kappa shape index (κ2) is 14.6. The highest BCUT2D eigenvalue weighted by Crippen LogP contribution is 2.35. The van der Waals surface area contributed by atoms with E-state index >= 15 is 0 Å². The topological polar surface area (TPSA) is 156 Å². The van der Waals surface area contributed by atoms with Crippen LogP contribution in [0.3, 0.4) is 0 Å². The van der Waals surface area contributed by atoms with Crippen LogP contribution in [0.2, 0.25) is 0 Å². The highest BCUT2D eigenvalue weighted by Gasteiger charge is 2.29. The molecule has 1 aromatic heterocycles. The van der Waals surface area contributed by atoms with Crippen molar-refractivity contribution in [1.29, 1.82) is 0 Å². The SMILES string of the molecule is COC(=O)[C@@H](Cc1ccccc1)NC(=O)c1ccc2c(c1)C(=Cc1[nH]c(C)c(C(=O)N[C@H](Cc3ccccc3)C(=O)OC)c1C)C(=O)N2. The van der Waals surface area contributed by atoms with Crippen LogP contribution in [0, 0.1) is 13.8 Å². The first-order valence-corrected chi connectivity index (χ1v) is 15.3. The van der Waals surface area contributed by atoms with Crippen LogP contribution in [0.15, 0.2) is 78.9 Å². The van der Waals surface area contributed by atoms with Crippen LogP contribution in [0.1, 0.15) is 54.4 Å². The number of anilines is 1. The van der Waals surface area contributed by atoms with Gasteiger partial charge in [-0.25, -0.2) is 9.59 Å². The minimum absolute atomic E-state index is 0.239. The zero-order valence-electron chi connectivity index (χ0n) is 27.0. The highest BCUT2D eigenvalue weighted by atomic mass is 16.5. The molecule has 48 heavy (non-hydrogen) atoms. The molecule has 3 amide bonds. The fourth-order valence-corrected chi connectivity index (χ4v) is 5.72. The Labute approximate surface area is 277 Å². The maximum absolute atomic E-state index is 13.5. The number of carbonyl (C=O) groups is 5. The summed E-state index contributed by atoms with van der Waals surface area (Å²) in [6.45, 7) is 3.47. The zero-order chi connectivity index (χ0) is 34.4. The summed E-state index contributed by atoms with van der Waals surface area (Å²) in [5.41, 5.74) is 5.18. The van der Waals surface area contributed by atoms with Crippen molar-refractivity contribution < 1.29 is 33.4 Å². The number of fused-ring (bicyclic) bond motifs is 1. The number of aromatic amines is 1. The maximum atomic E-state index is 13.5. The summed E-state index contributed by atoms with van der Waals surface area (Å²) in [4.78, 5) is 68.2. The Kier molecular flexibility index (Phi) is 10.2. The number of carbonyl (C=O) groups excluding carboxylic acids is 5. The standard InChI is InChI=1S/C37H36N4O7/c1-21-29(38-22(2)32(21)35(44)41-31(37(46)48-4)18-24-13-9-6-10-14-24)20-27-26-19-25(15-16-28(26)39-34(27)43)33(42)40-30(36(45)47-3)17-23-11-7-5-8-12-23/h5-16,19-20,30-31,38H,17-18H2,1-4H3,(H,39,43)(H,40,42)(H,41,44)/t30-,31-/m1/s1. The zero-order valence-corrected chi connectivity index (χ0v) is 27.0. The second-order valence-corrected chi connectivity index (χ2v) is 11.4. The van der Waals surface area contributed by atoms with Crippen molar-refractivity contribution >= 4 is 47.0 Å². The Morgan fingerprint density at radius 2 is 1.31 bits per heavy atom. The molecule has 5 rings (SSSR count). The van der Waals surface area contributed by atoms with E-state index in [0.29, 0.717) is 33.8 Å². The van der Waals surface area contributed by atoms with E-state index in [4.69, 9.17) is 9.47 Å². The van der Waals surface area contributed by atoms with Crippen molar-refractivity contribution in [3.63, 3.8) is 0 Å². The quantitative estimate of drug-likeness (QED) is 0.141. The van der Waals surface area contributed by atoms with Gasteiger partial charge in [0.25, 0.3) is 17.7 Å². The van der Waals surface area contributed by atoms with Crippen LogP contribution < -0.4 is 16.0 Å². The predicted molar refractivity (Wildman–Crippen MR) is 180 cm³/mol. The van der Waals surface area contributed by atoms with Gasteiger partial charge < -0.3 is 30.4 Å². The molecular weight excluding hydrogens is 612 g/mol. The molecule has 0 bridgehead atoms. The average Bonchev–Trinajstić information content (AvgIpc) is 3.56. The van der Waals surface area contributed by atoms with Gasteiger partial charge >= 0.3 is 11.9 Å². The summed E-state index contributed by atoms with van der Waals surface area (Å²) in [6.07, 6.45) is 2.11. The third-order valence-electron chi connectivity index (χ3n) is 8.20. The summed E-state index contributed by atoms with van der Waals surface area (Å²) in [5, 5.41) is 8.36. The van der Waals surface area contributed by atoms with E-state index in [1.807, 2.05) is 60.7 Å². The van der Waals surface area contributed by atoms with Gasteiger partial charge in [0.05, 0.1) is 25.4 Å². The van der Waals surface area contributed by atoms with Crippen molar-refractivity contribution in [2.75, 3.05) is 19.5 Å². The molecule has 0 aliphatic carbocycles. The molecular formula is C37H36N4O7. The lowest BCUT2D eigenvalue weighted by Crippen LogP contribution is -2.43. The van der Waals surface area contributed by atoms with Gasteiger partial charge in [-0.1, -0.05) is 60.7 Å². The summed E-state index contributed by atoms with van der Waals surface area (Å²) < 4.78 is 9.87. The van der Waals surface area contributed by atoms with E-state index in [1.54, 1.807) is 38.1 Å². The molecule has 11 heteroatoms. The van der Waals surface area contributed by atoms with Crippen LogP contribution in [-0.2, 0) is 36.7 Å². The number of H-pyrrole nitrogens is 1. The number of nitrogens with one attached hydrogen (secondary N) is 4. The monoisotopic (exact) mass is 648 g/mol. The molecule has 4 N–H and O–H groups in total. The molecule has 3 aromatic carbocycles. The van der Waals surface area contributed by atoms with E-state index in [0.717, 1.165) is 11.1 Å². The van der Waals surface area contributed by atoms with Crippen molar-refractivity contribution in [1.82, 2.24) is 15.6 Å². The van der Waals surface area contributed by atoms with E-state index in [1.165, 1.54) is 14.2 Å². The molecule has 11 nitrogen and oxygen atoms in total. The van der Waals surface area contributed by atoms with Gasteiger partial charge in [0.1, 0.15) is 12.1 Å². The van der Waals surface area contributed by atoms with Gasteiger partial charge in [-0.2, -0.15) is 0 Å². The summed E-state index contributed by atoms with van der Waals surface area (Å²) in [5.74, 6) is -2.52. The van der Waals surface area contributed by atoms with E-state index in [-0.39, 0.29) is 29.9 Å². The molecule has 0 saturated heterocycles. The number of amides is 3. The van der Waals surface area contributed by atoms with Crippen molar-refractivity contribution in [2.24, 2.45) is 0 Å². The molecule has 2 heterocycles. The Balaban J connectivity index is 1.38. The third-order valence-corrected chi connectivity index (χ3v) is 8.20. The molecule has 0 spiro atoms. The van der Waals surface area contributed by atoms with Crippen LogP contribution in [0.5, 0.6) is 0 Å². The first-order valence-electron chi connectivity index (χ1n) is 15.3. The lowest BCUT2D eigenvalue weighted by molar-refractivity contribution is -0.143. The van der Waals surface area contributed by atoms with E-state index in [2.05, 4.69) is 20.9 Å². The Morgan fingerprint density at radius 1 is 0.771 bits per heavy atom. The third kappa shape index (κ3) is 7.36. The first-order chi connectivity index (χ1) is 23.1. The fourth-order valence-electron chi connectivity index (χ4n) is 5.72. The van der Waals surface area contributed by atoms with Crippen molar-refractivity contribution in [3.05, 3.63) is 124 Å². The van der Waals surface area contributed by atoms with Crippen LogP contribution in [0.4, 0.5) is 5.69 Å². The fraction of sp³-hybridized carbons (Fsp3) is 0.216. The average molecular weight is 649 g/mol. The number of esters is 2. The molecule has 1 aliphatic heterocycles. The normalized spacial score (nSPS) is 14.0. The molecule has 0 saturated carbocycles. The maximum Gasteiger partial charge on any atom is 0.328 e. The van der Waals surface area contributed by atoms with Crippen molar-refractivity contribution in [2.45, 2.75) is 38.8 Å². The van der Waals surface area contributed by atoms with Gasteiger partial charge in [0.2, 0.25) is 0 Å². The molecule has 246 valence electrons. The van der Waals surface area contributed by atoms with Gasteiger partial charge in [0.15, 0.2) is 0 Å². The molecule has 2 atom stereocenters. The van der Waals surface area contributed by atoms with Gasteiger partial charge in [-0.15, -0.1) is 0 Å². The van der Waals surface area contributed by atoms with E-state index in [9.17, 15) is 24.0 Å². The number of rotatable bonds is 11. The minimum atomic E-state index is -0.923. The van der Waals surface area contributed by atoms with Crippen molar-refractivity contribution in [3.8, 4) is 0 Å². The predicted octanol–water partition coefficient (Wildman–Crippen LogP) is 4.15.